The number of hydrogen-bond acceptors (Lipinski definition) is 2. The molecule has 0 aromatic carbocycles. The van der Waals surface area contributed by atoms with Crippen LogP contribution < -0.4 is 5.32 Å². The highest BCUT2D eigenvalue weighted by molar-refractivity contribution is 9.10. The average molecular weight is 302 g/mol. The van der Waals surface area contributed by atoms with Crippen molar-refractivity contribution in [2.45, 2.75) is 25.1 Å². The van der Waals surface area contributed by atoms with Crippen molar-refractivity contribution in [3.8, 4) is 0 Å². The quantitative estimate of drug-likeness (QED) is 0.882. The highest BCUT2D eigenvalue weighted by Gasteiger charge is 2.29. The Balaban J connectivity index is 2.61. The molecular weight excluding hydrogens is 291 g/mol. The molecule has 0 bridgehead atoms. The van der Waals surface area contributed by atoms with Crippen LogP contribution in [0.4, 0.5) is 13.2 Å². The monoisotopic (exact) mass is 301 g/mol. The maximum absolute atomic E-state index is 12.1. The first-order valence-electron chi connectivity index (χ1n) is 4.41. The van der Waals surface area contributed by atoms with Crippen LogP contribution >= 0.6 is 27.3 Å². The summed E-state index contributed by atoms with van der Waals surface area (Å²) in [5, 5.41) is 4.76. The SMILES string of the molecule is CNC(CCC(F)(F)F)c1sccc1Br. The van der Waals surface area contributed by atoms with Crippen LogP contribution in [0, 0.1) is 0 Å². The van der Waals surface area contributed by atoms with Gasteiger partial charge in [-0.2, -0.15) is 13.2 Å². The summed E-state index contributed by atoms with van der Waals surface area (Å²) < 4.78 is 37.0. The van der Waals surface area contributed by atoms with Crippen molar-refractivity contribution in [1.82, 2.24) is 5.32 Å². The molecule has 0 amide bonds. The Morgan fingerprint density at radius 3 is 2.60 bits per heavy atom. The van der Waals surface area contributed by atoms with E-state index in [4.69, 9.17) is 0 Å². The molecule has 0 radical (unpaired) electrons. The summed E-state index contributed by atoms with van der Waals surface area (Å²) in [7, 11) is 1.67. The number of alkyl halides is 3. The number of rotatable bonds is 4. The van der Waals surface area contributed by atoms with Crippen molar-refractivity contribution in [3.63, 3.8) is 0 Å². The van der Waals surface area contributed by atoms with Gasteiger partial charge in [0.1, 0.15) is 0 Å². The molecule has 1 atom stereocenters. The van der Waals surface area contributed by atoms with Crippen LogP contribution in [0.5, 0.6) is 0 Å². The van der Waals surface area contributed by atoms with Crippen molar-refractivity contribution in [1.29, 1.82) is 0 Å². The molecule has 0 spiro atoms. The normalized spacial score (nSPS) is 14.2. The van der Waals surface area contributed by atoms with Gasteiger partial charge in [0, 0.05) is 21.8 Å². The van der Waals surface area contributed by atoms with E-state index in [-0.39, 0.29) is 12.5 Å². The van der Waals surface area contributed by atoms with Gasteiger partial charge in [0.25, 0.3) is 0 Å². The molecule has 0 saturated carbocycles. The van der Waals surface area contributed by atoms with Gasteiger partial charge in [-0.05, 0) is 40.8 Å². The van der Waals surface area contributed by atoms with Crippen LogP contribution in [0.2, 0.25) is 0 Å². The molecule has 0 aliphatic heterocycles. The van der Waals surface area contributed by atoms with E-state index in [1.165, 1.54) is 11.3 Å². The fourth-order valence-electron chi connectivity index (χ4n) is 1.27. The summed E-state index contributed by atoms with van der Waals surface area (Å²) >= 11 is 4.77. The smallest absolute Gasteiger partial charge is 0.312 e. The van der Waals surface area contributed by atoms with Crippen molar-refractivity contribution in [3.05, 3.63) is 20.8 Å². The molecule has 0 aliphatic rings. The molecule has 1 aromatic heterocycles. The van der Waals surface area contributed by atoms with E-state index >= 15 is 0 Å². The molecule has 0 fully saturated rings. The van der Waals surface area contributed by atoms with Gasteiger partial charge in [-0.1, -0.05) is 0 Å². The van der Waals surface area contributed by atoms with Crippen LogP contribution in [0.3, 0.4) is 0 Å². The second-order valence-electron chi connectivity index (χ2n) is 3.13. The minimum atomic E-state index is -4.08. The largest absolute Gasteiger partial charge is 0.389 e. The molecular formula is C9H11BrF3NS. The predicted molar refractivity (Wildman–Crippen MR) is 59.1 cm³/mol. The lowest BCUT2D eigenvalue weighted by Crippen LogP contribution is -2.19. The maximum atomic E-state index is 12.1. The van der Waals surface area contributed by atoms with E-state index in [2.05, 4.69) is 21.2 Å². The van der Waals surface area contributed by atoms with Gasteiger partial charge >= 0.3 is 6.18 Å². The first-order valence-corrected chi connectivity index (χ1v) is 6.08. The zero-order valence-corrected chi connectivity index (χ0v) is 10.5. The fraction of sp³-hybridized carbons (Fsp3) is 0.556. The van der Waals surface area contributed by atoms with Crippen LogP contribution in [0.25, 0.3) is 0 Å². The second-order valence-corrected chi connectivity index (χ2v) is 4.93. The Labute approximate surface area is 98.8 Å². The van der Waals surface area contributed by atoms with Gasteiger partial charge in [-0.25, -0.2) is 0 Å². The van der Waals surface area contributed by atoms with Gasteiger partial charge in [-0.15, -0.1) is 11.3 Å². The molecule has 1 aromatic rings. The van der Waals surface area contributed by atoms with E-state index in [9.17, 15) is 13.2 Å². The van der Waals surface area contributed by atoms with Crippen LogP contribution in [-0.2, 0) is 0 Å². The summed E-state index contributed by atoms with van der Waals surface area (Å²) in [5.41, 5.74) is 0. The molecule has 1 unspecified atom stereocenters. The first kappa shape index (κ1) is 13.0. The average Bonchev–Trinajstić information content (AvgIpc) is 2.52. The number of thiophene rings is 1. The summed E-state index contributed by atoms with van der Waals surface area (Å²) in [6.45, 7) is 0. The number of halogens is 4. The van der Waals surface area contributed by atoms with Gasteiger partial charge in [0.2, 0.25) is 0 Å². The van der Waals surface area contributed by atoms with E-state index in [0.717, 1.165) is 9.35 Å². The van der Waals surface area contributed by atoms with Crippen molar-refractivity contribution < 1.29 is 13.2 Å². The van der Waals surface area contributed by atoms with Crippen LogP contribution in [-0.4, -0.2) is 13.2 Å². The minimum Gasteiger partial charge on any atom is -0.312 e. The second kappa shape index (κ2) is 5.32. The summed E-state index contributed by atoms with van der Waals surface area (Å²) in [6, 6.07) is 1.61. The lowest BCUT2D eigenvalue weighted by atomic mass is 10.1. The maximum Gasteiger partial charge on any atom is 0.389 e. The molecule has 6 heteroatoms. The topological polar surface area (TPSA) is 12.0 Å². The molecule has 1 N–H and O–H groups in total. The van der Waals surface area contributed by atoms with E-state index in [0.29, 0.717) is 0 Å². The van der Waals surface area contributed by atoms with Crippen molar-refractivity contribution >= 4 is 27.3 Å². The van der Waals surface area contributed by atoms with Gasteiger partial charge in [-0.3, -0.25) is 0 Å². The lowest BCUT2D eigenvalue weighted by molar-refractivity contribution is -0.136. The molecule has 15 heavy (non-hydrogen) atoms. The summed E-state index contributed by atoms with van der Waals surface area (Å²) in [4.78, 5) is 0.918. The Morgan fingerprint density at radius 1 is 1.53 bits per heavy atom. The Hall–Kier alpha value is -0.0700. The summed E-state index contributed by atoms with van der Waals surface area (Å²) in [5.74, 6) is 0. The molecule has 86 valence electrons. The summed E-state index contributed by atoms with van der Waals surface area (Å²) in [6.07, 6.45) is -4.78. The van der Waals surface area contributed by atoms with Crippen LogP contribution in [0.1, 0.15) is 23.8 Å². The predicted octanol–water partition coefficient (Wildman–Crippen LogP) is 4.11. The molecule has 1 nitrogen and oxygen atoms in total. The van der Waals surface area contributed by atoms with E-state index in [1.54, 1.807) is 7.05 Å². The lowest BCUT2D eigenvalue weighted by Gasteiger charge is -2.16. The zero-order chi connectivity index (χ0) is 11.5. The van der Waals surface area contributed by atoms with Gasteiger partial charge in [0.05, 0.1) is 0 Å². The Kier molecular flexibility index (Phi) is 4.61. The van der Waals surface area contributed by atoms with E-state index < -0.39 is 12.6 Å². The van der Waals surface area contributed by atoms with Crippen molar-refractivity contribution in [2.75, 3.05) is 7.05 Å². The van der Waals surface area contributed by atoms with Crippen molar-refractivity contribution in [2.24, 2.45) is 0 Å². The standard InChI is InChI=1S/C9H11BrF3NS/c1-14-7(2-4-9(11,12)13)8-6(10)3-5-15-8/h3,5,7,14H,2,4H2,1H3. The fourth-order valence-corrected chi connectivity index (χ4v) is 3.06. The molecule has 1 rings (SSSR count). The third-order valence-corrected chi connectivity index (χ3v) is 4.01. The molecule has 0 aliphatic carbocycles. The Bertz CT molecular complexity index is 311. The highest BCUT2D eigenvalue weighted by Crippen LogP contribution is 2.33. The van der Waals surface area contributed by atoms with Gasteiger partial charge in [0.15, 0.2) is 0 Å². The van der Waals surface area contributed by atoms with Gasteiger partial charge < -0.3 is 5.32 Å². The third-order valence-electron chi connectivity index (χ3n) is 2.03. The molecule has 0 saturated heterocycles. The minimum absolute atomic E-state index is 0.0686. The molecule has 1 heterocycles. The number of hydrogen-bond donors (Lipinski definition) is 1. The number of nitrogens with one attached hydrogen (secondary N) is 1. The zero-order valence-electron chi connectivity index (χ0n) is 8.07. The van der Waals surface area contributed by atoms with E-state index in [1.807, 2.05) is 11.4 Å². The highest BCUT2D eigenvalue weighted by atomic mass is 79.9. The Morgan fingerprint density at radius 2 is 2.20 bits per heavy atom. The third kappa shape index (κ3) is 4.12. The van der Waals surface area contributed by atoms with Crippen LogP contribution in [0.15, 0.2) is 15.9 Å². The first-order chi connectivity index (χ1) is 6.94.